The molecule has 0 aliphatic heterocycles. The standard InChI is InChI=1S/3C12H21N2Si.Ce/c3*1-10-8-7-9-11(13-10)14-15(5,6)12(2,3)4;/h3*7-9H,1-6H3;/q3*-1;+3. The van der Waals surface area contributed by atoms with Crippen molar-refractivity contribution in [3.63, 3.8) is 0 Å². The second-order valence-electron chi connectivity index (χ2n) is 16.7. The zero-order valence-electron chi connectivity index (χ0n) is 32.4. The smallest absolute Gasteiger partial charge is 0.471 e. The summed E-state index contributed by atoms with van der Waals surface area (Å²) < 4.78 is 0. The van der Waals surface area contributed by atoms with Gasteiger partial charge in [-0.15, -0.1) is 0 Å². The summed E-state index contributed by atoms with van der Waals surface area (Å²) in [6.45, 7) is 40.1. The first-order valence-electron chi connectivity index (χ1n) is 16.2. The van der Waals surface area contributed by atoms with Crippen LogP contribution in [0.15, 0.2) is 54.6 Å². The molecule has 0 fully saturated rings. The number of nitrogens with zero attached hydrogens (tertiary/aromatic N) is 6. The van der Waals surface area contributed by atoms with Gasteiger partial charge in [0.1, 0.15) is 0 Å². The van der Waals surface area contributed by atoms with Crippen LogP contribution in [0.4, 0.5) is 17.5 Å². The van der Waals surface area contributed by atoms with Crippen molar-refractivity contribution >= 4 is 42.2 Å². The van der Waals surface area contributed by atoms with Gasteiger partial charge >= 0.3 is 41.7 Å². The fourth-order valence-corrected chi connectivity index (χ4v) is 6.23. The van der Waals surface area contributed by atoms with Crippen molar-refractivity contribution in [2.24, 2.45) is 0 Å². The zero-order valence-corrected chi connectivity index (χ0v) is 38.5. The van der Waals surface area contributed by atoms with Crippen LogP contribution in [0.2, 0.25) is 54.4 Å². The van der Waals surface area contributed by atoms with Crippen LogP contribution in [-0.2, 0) is 0 Å². The topological polar surface area (TPSA) is 81.0 Å². The predicted molar refractivity (Wildman–Crippen MR) is 208 cm³/mol. The van der Waals surface area contributed by atoms with Crippen LogP contribution < -0.4 is 0 Å². The van der Waals surface area contributed by atoms with Gasteiger partial charge in [-0.05, 0) is 35.9 Å². The van der Waals surface area contributed by atoms with Crippen LogP contribution in [0.1, 0.15) is 79.4 Å². The molecule has 10 heteroatoms. The monoisotopic (exact) mass is 803 g/mol. The van der Waals surface area contributed by atoms with Crippen molar-refractivity contribution in [3.8, 4) is 0 Å². The Hall–Kier alpha value is -1.12. The van der Waals surface area contributed by atoms with Gasteiger partial charge in [-0.1, -0.05) is 191 Å². The minimum Gasteiger partial charge on any atom is -0.471 e. The second kappa shape index (κ2) is 17.5. The average molecular weight is 804 g/mol. The van der Waals surface area contributed by atoms with E-state index in [0.717, 1.165) is 34.5 Å². The molecule has 0 aliphatic rings. The maximum absolute atomic E-state index is 4.85. The fourth-order valence-electron chi connectivity index (χ4n) is 3.14. The summed E-state index contributed by atoms with van der Waals surface area (Å²) in [7, 11) is -4.82. The van der Waals surface area contributed by atoms with Crippen LogP contribution in [0.5, 0.6) is 0 Å². The summed E-state index contributed by atoms with van der Waals surface area (Å²) in [5.41, 5.74) is 3.11. The molecule has 3 aromatic heterocycles. The molecule has 6 nitrogen and oxygen atoms in total. The molecule has 0 saturated heterocycles. The third-order valence-electron chi connectivity index (χ3n) is 9.31. The van der Waals surface area contributed by atoms with E-state index >= 15 is 0 Å². The van der Waals surface area contributed by atoms with Crippen molar-refractivity contribution in [1.82, 2.24) is 15.0 Å². The molecule has 0 bridgehead atoms. The van der Waals surface area contributed by atoms with E-state index in [-0.39, 0.29) is 56.9 Å². The van der Waals surface area contributed by atoms with E-state index in [1.165, 1.54) is 0 Å². The fraction of sp³-hybridized carbons (Fsp3) is 0.583. The Morgan fingerprint density at radius 1 is 0.413 bits per heavy atom. The normalized spacial score (nSPS) is 12.4. The Balaban J connectivity index is 0.000000653. The zero-order chi connectivity index (χ0) is 35.1. The predicted octanol–water partition coefficient (Wildman–Crippen LogP) is 13.2. The first kappa shape index (κ1) is 44.9. The first-order chi connectivity index (χ1) is 20.2. The molecular weight excluding hydrogens is 741 g/mol. The van der Waals surface area contributed by atoms with Crippen molar-refractivity contribution in [1.29, 1.82) is 0 Å². The largest absolute Gasteiger partial charge is 3.00 e. The second-order valence-corrected chi connectivity index (χ2v) is 31.2. The van der Waals surface area contributed by atoms with Crippen LogP contribution >= 0.6 is 0 Å². The van der Waals surface area contributed by atoms with Gasteiger partial charge in [0.2, 0.25) is 0 Å². The molecule has 46 heavy (non-hydrogen) atoms. The van der Waals surface area contributed by atoms with Crippen LogP contribution in [0.3, 0.4) is 0 Å². The number of hydrogen-bond acceptors (Lipinski definition) is 3. The van der Waals surface area contributed by atoms with Crippen molar-refractivity contribution in [2.45, 2.75) is 137 Å². The molecule has 0 aromatic carbocycles. The molecule has 3 rings (SSSR count). The van der Waals surface area contributed by atoms with Crippen molar-refractivity contribution in [2.75, 3.05) is 0 Å². The Morgan fingerprint density at radius 3 is 0.761 bits per heavy atom. The molecule has 0 aliphatic carbocycles. The van der Waals surface area contributed by atoms with Crippen LogP contribution in [-0.4, -0.2) is 39.7 Å². The summed E-state index contributed by atoms with van der Waals surface area (Å²) in [4.78, 5) is 27.9. The summed E-state index contributed by atoms with van der Waals surface area (Å²) in [6, 6.07) is 18.1. The van der Waals surface area contributed by atoms with Crippen LogP contribution in [0.25, 0.3) is 14.9 Å². The number of hydrogen-bond donors (Lipinski definition) is 0. The maximum Gasteiger partial charge on any atom is 3.00 e. The van der Waals surface area contributed by atoms with Gasteiger partial charge < -0.3 is 29.9 Å². The molecule has 0 spiro atoms. The molecule has 3 aromatic rings. The molecule has 0 atom stereocenters. The molecule has 3 heterocycles. The van der Waals surface area contributed by atoms with Gasteiger partial charge in [-0.2, -0.15) is 0 Å². The Labute approximate surface area is 320 Å². The van der Waals surface area contributed by atoms with E-state index in [4.69, 9.17) is 14.9 Å². The van der Waals surface area contributed by atoms with Gasteiger partial charge in [-0.25, -0.2) is 0 Å². The average Bonchev–Trinajstić information content (AvgIpc) is 2.82. The quantitative estimate of drug-likeness (QED) is 0.233. The third kappa shape index (κ3) is 15.0. The van der Waals surface area contributed by atoms with Gasteiger partial charge in [0.05, 0.1) is 24.7 Å². The molecule has 1 radical (unpaired) electrons. The first-order valence-corrected chi connectivity index (χ1v) is 25.0. The van der Waals surface area contributed by atoms with E-state index in [1.807, 2.05) is 75.4 Å². The van der Waals surface area contributed by atoms with E-state index in [0.29, 0.717) is 0 Å². The van der Waals surface area contributed by atoms with Crippen molar-refractivity contribution in [3.05, 3.63) is 86.6 Å². The summed E-state index contributed by atoms with van der Waals surface area (Å²) >= 11 is 0. The minimum absolute atomic E-state index is 0. The Kier molecular flexibility index (Phi) is 17.1. The molecular formula is C36H63CeN6Si3. The van der Waals surface area contributed by atoms with E-state index in [1.54, 1.807) is 0 Å². The Morgan fingerprint density at radius 2 is 0.609 bits per heavy atom. The molecule has 0 unspecified atom stereocenters. The Bertz CT molecular complexity index is 1190. The minimum atomic E-state index is -1.61. The van der Waals surface area contributed by atoms with Crippen molar-refractivity contribution < 1.29 is 41.7 Å². The molecule has 0 amide bonds. The third-order valence-corrected chi connectivity index (χ3v) is 22.7. The van der Waals surface area contributed by atoms with Gasteiger partial charge in [0.15, 0.2) is 0 Å². The maximum atomic E-state index is 4.85. The van der Waals surface area contributed by atoms with Gasteiger partial charge in [-0.3, -0.25) is 0 Å². The molecule has 253 valence electrons. The summed E-state index contributed by atoms with van der Waals surface area (Å²) in [5.74, 6) is 2.67. The summed E-state index contributed by atoms with van der Waals surface area (Å²) in [6.07, 6.45) is 0. The molecule has 0 saturated carbocycles. The van der Waals surface area contributed by atoms with Gasteiger partial charge in [0.25, 0.3) is 0 Å². The summed E-state index contributed by atoms with van der Waals surface area (Å²) in [5, 5.41) is 0.829. The van der Waals surface area contributed by atoms with E-state index in [9.17, 15) is 0 Å². The number of aromatic nitrogens is 3. The van der Waals surface area contributed by atoms with Gasteiger partial charge in [0, 0.05) is 0 Å². The number of aryl methyl sites for hydroxylation is 3. The number of rotatable bonds is 6. The SMILES string of the molecule is Cc1cccc([N-][Si](C)(C)C(C)(C)C)n1.Cc1cccc([N-][Si](C)(C)C(C)(C)C)n1.Cc1cccc([N-][Si](C)(C)C(C)(C)C)n1.[Ce+3]. The van der Waals surface area contributed by atoms with E-state index < -0.39 is 24.7 Å². The van der Waals surface area contributed by atoms with E-state index in [2.05, 4.69) is 117 Å². The number of pyridine rings is 3. The van der Waals surface area contributed by atoms with Crippen LogP contribution in [0, 0.1) is 62.5 Å². The molecule has 0 N–H and O–H groups in total.